The number of aryl methyl sites for hydroxylation is 1. The van der Waals surface area contributed by atoms with Crippen LogP contribution in [0.15, 0.2) is 52.3 Å². The molecule has 1 heterocycles. The Morgan fingerprint density at radius 1 is 1.12 bits per heavy atom. The third-order valence-corrected chi connectivity index (χ3v) is 5.91. The molecule has 1 fully saturated rings. The Labute approximate surface area is 149 Å². The Hall–Kier alpha value is -1.85. The van der Waals surface area contributed by atoms with E-state index >= 15 is 0 Å². The fourth-order valence-electron chi connectivity index (χ4n) is 2.57. The van der Waals surface area contributed by atoms with E-state index in [1.807, 2.05) is 19.1 Å². The Morgan fingerprint density at radius 3 is 2.48 bits per heavy atom. The Balaban J connectivity index is 1.96. The predicted molar refractivity (Wildman–Crippen MR) is 97.0 cm³/mol. The van der Waals surface area contributed by atoms with E-state index in [9.17, 15) is 8.42 Å². The quantitative estimate of drug-likeness (QED) is 0.759. The third-order valence-electron chi connectivity index (χ3n) is 4.18. The lowest BCUT2D eigenvalue weighted by atomic mass is 9.87. The molecule has 4 nitrogen and oxygen atoms in total. The molecule has 0 spiro atoms. The molecule has 0 N–H and O–H groups in total. The highest BCUT2D eigenvalue weighted by Crippen LogP contribution is 2.30. The fraction of sp³-hybridized carbons (Fsp3) is 0.400. The molecule has 1 atom stereocenters. The normalized spacial score (nSPS) is 17.4. The van der Waals surface area contributed by atoms with Crippen molar-refractivity contribution in [2.24, 2.45) is 0 Å². The second-order valence-corrected chi connectivity index (χ2v) is 9.48. The molecule has 1 unspecified atom stereocenters. The van der Waals surface area contributed by atoms with Crippen LogP contribution in [0.2, 0.25) is 0 Å². The number of ether oxygens (including phenoxy) is 2. The van der Waals surface area contributed by atoms with Gasteiger partial charge in [-0.2, -0.15) is 0 Å². The van der Waals surface area contributed by atoms with Gasteiger partial charge in [0.2, 0.25) is 9.84 Å². The topological polar surface area (TPSA) is 55.9 Å². The first-order valence-corrected chi connectivity index (χ1v) is 9.86. The lowest BCUT2D eigenvalue weighted by Crippen LogP contribution is -2.12. The number of hydrogen-bond donors (Lipinski definition) is 0. The van der Waals surface area contributed by atoms with Crippen molar-refractivity contribution >= 4 is 9.84 Å². The van der Waals surface area contributed by atoms with E-state index in [0.717, 1.165) is 11.1 Å². The van der Waals surface area contributed by atoms with E-state index in [2.05, 4.69) is 20.8 Å². The van der Waals surface area contributed by atoms with Gasteiger partial charge in [0.1, 0.15) is 18.5 Å². The summed E-state index contributed by atoms with van der Waals surface area (Å²) in [6.07, 6.45) is 0.129. The zero-order valence-corrected chi connectivity index (χ0v) is 15.9. The van der Waals surface area contributed by atoms with Gasteiger partial charge in [-0.25, -0.2) is 8.42 Å². The molecule has 0 aromatic heterocycles. The molecule has 1 aliphatic heterocycles. The number of benzene rings is 2. The molecule has 1 aliphatic rings. The molecular weight excluding hydrogens is 336 g/mol. The average Bonchev–Trinajstić information content (AvgIpc) is 3.36. The number of sulfone groups is 1. The van der Waals surface area contributed by atoms with E-state index in [-0.39, 0.29) is 16.4 Å². The first kappa shape index (κ1) is 18.0. The minimum absolute atomic E-state index is 0.114. The number of hydrogen-bond acceptors (Lipinski definition) is 4. The van der Waals surface area contributed by atoms with Gasteiger partial charge in [-0.15, -0.1) is 0 Å². The van der Waals surface area contributed by atoms with Crippen LogP contribution in [-0.4, -0.2) is 27.7 Å². The molecule has 25 heavy (non-hydrogen) atoms. The summed E-state index contributed by atoms with van der Waals surface area (Å²) in [5.74, 6) is 0.557. The Morgan fingerprint density at radius 2 is 1.84 bits per heavy atom. The summed E-state index contributed by atoms with van der Waals surface area (Å²) < 4.78 is 37.0. The van der Waals surface area contributed by atoms with Crippen LogP contribution in [0.3, 0.4) is 0 Å². The highest BCUT2D eigenvalue weighted by molar-refractivity contribution is 7.91. The average molecular weight is 360 g/mol. The van der Waals surface area contributed by atoms with E-state index in [1.54, 1.807) is 30.3 Å². The Bertz CT molecular complexity index is 875. The highest BCUT2D eigenvalue weighted by atomic mass is 32.2. The maximum Gasteiger partial charge on any atom is 0.206 e. The van der Waals surface area contributed by atoms with Crippen molar-refractivity contribution in [3.63, 3.8) is 0 Å². The molecule has 3 rings (SSSR count). The predicted octanol–water partition coefficient (Wildman–Crippen LogP) is 3.90. The van der Waals surface area contributed by atoms with Gasteiger partial charge in [0.15, 0.2) is 0 Å². The molecule has 1 saturated heterocycles. The zero-order valence-electron chi connectivity index (χ0n) is 15.1. The van der Waals surface area contributed by atoms with Gasteiger partial charge in [-0.1, -0.05) is 32.9 Å². The van der Waals surface area contributed by atoms with Gasteiger partial charge in [-0.05, 0) is 53.8 Å². The molecule has 5 heteroatoms. The van der Waals surface area contributed by atoms with Crippen molar-refractivity contribution in [1.82, 2.24) is 0 Å². The van der Waals surface area contributed by atoms with Crippen LogP contribution in [-0.2, 0) is 20.0 Å². The standard InChI is InChI=1S/C20H24O4S/c1-14-8-16(23-12-17-13-24-17)11-19(9-14)25(21,22)18-7-5-6-15(10-18)20(2,3)4/h5-11,17H,12-13H2,1-4H3. The fourth-order valence-corrected chi connectivity index (χ4v) is 4.00. The molecule has 2 aromatic rings. The van der Waals surface area contributed by atoms with Crippen molar-refractivity contribution in [2.75, 3.05) is 13.2 Å². The monoisotopic (exact) mass is 360 g/mol. The molecule has 0 bridgehead atoms. The van der Waals surface area contributed by atoms with Crippen LogP contribution in [0.5, 0.6) is 5.75 Å². The molecule has 0 radical (unpaired) electrons. The summed E-state index contributed by atoms with van der Waals surface area (Å²) in [5.41, 5.74) is 1.72. The lowest BCUT2D eigenvalue weighted by molar-refractivity contribution is 0.262. The van der Waals surface area contributed by atoms with Crippen molar-refractivity contribution in [2.45, 2.75) is 49.0 Å². The smallest absolute Gasteiger partial charge is 0.206 e. The molecule has 134 valence electrons. The second kappa shape index (κ2) is 6.46. The van der Waals surface area contributed by atoms with Crippen molar-refractivity contribution in [3.8, 4) is 5.75 Å². The van der Waals surface area contributed by atoms with E-state index in [0.29, 0.717) is 23.9 Å². The van der Waals surface area contributed by atoms with E-state index in [4.69, 9.17) is 9.47 Å². The van der Waals surface area contributed by atoms with Crippen molar-refractivity contribution in [3.05, 3.63) is 53.6 Å². The van der Waals surface area contributed by atoms with Crippen LogP contribution in [0, 0.1) is 6.92 Å². The van der Waals surface area contributed by atoms with Gasteiger partial charge < -0.3 is 9.47 Å². The van der Waals surface area contributed by atoms with Gasteiger partial charge in [0.05, 0.1) is 16.4 Å². The second-order valence-electron chi connectivity index (χ2n) is 7.53. The minimum atomic E-state index is -3.60. The van der Waals surface area contributed by atoms with Gasteiger partial charge in [-0.3, -0.25) is 0 Å². The summed E-state index contributed by atoms with van der Waals surface area (Å²) in [6, 6.07) is 12.3. The minimum Gasteiger partial charge on any atom is -0.491 e. The Kier molecular flexibility index (Phi) is 4.64. The number of epoxide rings is 1. The van der Waals surface area contributed by atoms with Gasteiger partial charge in [0.25, 0.3) is 0 Å². The first-order valence-electron chi connectivity index (χ1n) is 8.38. The van der Waals surface area contributed by atoms with Crippen molar-refractivity contribution < 1.29 is 17.9 Å². The summed E-state index contributed by atoms with van der Waals surface area (Å²) >= 11 is 0. The van der Waals surface area contributed by atoms with E-state index in [1.165, 1.54) is 0 Å². The first-order chi connectivity index (χ1) is 11.7. The van der Waals surface area contributed by atoms with Gasteiger partial charge in [0, 0.05) is 0 Å². The summed E-state index contributed by atoms with van der Waals surface area (Å²) in [4.78, 5) is 0.562. The van der Waals surface area contributed by atoms with Crippen LogP contribution >= 0.6 is 0 Å². The maximum atomic E-state index is 13.1. The van der Waals surface area contributed by atoms with Crippen molar-refractivity contribution in [1.29, 1.82) is 0 Å². The molecule has 0 amide bonds. The van der Waals surface area contributed by atoms with Crippen LogP contribution in [0.4, 0.5) is 0 Å². The number of rotatable bonds is 5. The summed E-state index contributed by atoms with van der Waals surface area (Å²) in [7, 11) is -3.60. The summed E-state index contributed by atoms with van der Waals surface area (Å²) in [5, 5.41) is 0. The van der Waals surface area contributed by atoms with Gasteiger partial charge >= 0.3 is 0 Å². The molecule has 0 aliphatic carbocycles. The van der Waals surface area contributed by atoms with Crippen LogP contribution < -0.4 is 4.74 Å². The maximum absolute atomic E-state index is 13.1. The highest BCUT2D eigenvalue weighted by Gasteiger charge is 2.24. The lowest BCUT2D eigenvalue weighted by Gasteiger charge is -2.20. The van der Waals surface area contributed by atoms with Crippen LogP contribution in [0.25, 0.3) is 0 Å². The molecular formula is C20H24O4S. The van der Waals surface area contributed by atoms with E-state index < -0.39 is 9.84 Å². The third kappa shape index (κ3) is 4.22. The molecule has 0 saturated carbocycles. The summed E-state index contributed by atoms with van der Waals surface area (Å²) in [6.45, 7) is 9.22. The largest absolute Gasteiger partial charge is 0.491 e. The molecule has 2 aromatic carbocycles. The zero-order chi connectivity index (χ0) is 18.2. The SMILES string of the molecule is Cc1cc(OCC2CO2)cc(S(=O)(=O)c2cccc(C(C)(C)C)c2)c1. The van der Waals surface area contributed by atoms with Crippen LogP contribution in [0.1, 0.15) is 31.9 Å².